The van der Waals surface area contributed by atoms with Crippen LogP contribution < -0.4 is 15.5 Å². The van der Waals surface area contributed by atoms with Crippen molar-refractivity contribution in [2.75, 3.05) is 16.6 Å². The molecule has 2 heterocycles. The number of fused-ring (bicyclic) bond motifs is 3. The predicted octanol–water partition coefficient (Wildman–Crippen LogP) is 3.61. The summed E-state index contributed by atoms with van der Waals surface area (Å²) in [6, 6.07) is 17.1. The highest BCUT2D eigenvalue weighted by Crippen LogP contribution is 2.30. The number of carbonyl (C=O) groups is 1. The molecule has 1 amide bonds. The Balaban J connectivity index is 1.47. The van der Waals surface area contributed by atoms with Crippen molar-refractivity contribution >= 4 is 49.1 Å². The molecule has 0 saturated carbocycles. The number of para-hydroxylation sites is 1. The first kappa shape index (κ1) is 25.9. The summed E-state index contributed by atoms with van der Waals surface area (Å²) >= 11 is 0. The van der Waals surface area contributed by atoms with E-state index in [4.69, 9.17) is 0 Å². The van der Waals surface area contributed by atoms with E-state index in [9.17, 15) is 28.2 Å². The van der Waals surface area contributed by atoms with Gasteiger partial charge in [0, 0.05) is 30.0 Å². The largest absolute Gasteiger partial charge is 0.506 e. The number of aliphatic hydroxyl groups excluding tert-OH is 1. The number of anilines is 2. The second kappa shape index (κ2) is 10.2. The quantitative estimate of drug-likeness (QED) is 0.229. The Kier molecular flexibility index (Phi) is 6.77. The highest BCUT2D eigenvalue weighted by atomic mass is 32.2. The molecule has 0 radical (unpaired) electrons. The number of aromatic nitrogens is 2. The minimum atomic E-state index is -3.87. The van der Waals surface area contributed by atoms with Gasteiger partial charge < -0.3 is 20.1 Å². The third kappa shape index (κ3) is 4.92. The number of aromatic hydroxyl groups is 1. The minimum absolute atomic E-state index is 0.00396. The molecule has 3 aromatic carbocycles. The maximum Gasteiger partial charge on any atom is 0.261 e. The van der Waals surface area contributed by atoms with Gasteiger partial charge in [-0.1, -0.05) is 18.2 Å². The van der Waals surface area contributed by atoms with Gasteiger partial charge in [-0.3, -0.25) is 19.3 Å². The van der Waals surface area contributed by atoms with Crippen LogP contribution in [-0.2, 0) is 16.6 Å². The van der Waals surface area contributed by atoms with E-state index in [0.29, 0.717) is 22.1 Å². The van der Waals surface area contributed by atoms with Crippen LogP contribution in [0.15, 0.2) is 88.8 Å². The van der Waals surface area contributed by atoms with Gasteiger partial charge >= 0.3 is 0 Å². The number of nitrogens with zero attached hydrogens (tertiary/aromatic N) is 2. The molecule has 5 rings (SSSR count). The summed E-state index contributed by atoms with van der Waals surface area (Å²) in [4.78, 5) is 30.7. The van der Waals surface area contributed by atoms with Crippen LogP contribution in [0.5, 0.6) is 5.75 Å². The fourth-order valence-corrected chi connectivity index (χ4v) is 5.51. The zero-order valence-electron chi connectivity index (χ0n) is 20.7. The molecule has 39 heavy (non-hydrogen) atoms. The van der Waals surface area contributed by atoms with Crippen LogP contribution in [0, 0.1) is 6.92 Å². The molecule has 198 valence electrons. The molecular weight excluding hydrogens is 520 g/mol. The molecule has 0 saturated heterocycles. The molecule has 0 aliphatic carbocycles. The van der Waals surface area contributed by atoms with Crippen molar-refractivity contribution in [3.8, 4) is 5.75 Å². The molecular formula is C28H24N4O6S. The van der Waals surface area contributed by atoms with Gasteiger partial charge in [-0.2, -0.15) is 0 Å². The lowest BCUT2D eigenvalue weighted by Crippen LogP contribution is -2.24. The van der Waals surface area contributed by atoms with Gasteiger partial charge in [0.15, 0.2) is 0 Å². The van der Waals surface area contributed by atoms with Crippen molar-refractivity contribution in [1.82, 2.24) is 9.55 Å². The lowest BCUT2D eigenvalue weighted by atomic mass is 10.1. The number of hydrogen-bond acceptors (Lipinski definition) is 7. The molecule has 0 unspecified atom stereocenters. The summed E-state index contributed by atoms with van der Waals surface area (Å²) in [6.07, 6.45) is 2.87. The van der Waals surface area contributed by atoms with E-state index in [1.165, 1.54) is 42.7 Å². The standard InChI is InChI=1S/C28H24N4O6S/c1-17-5-2-3-7-23(17)31-39(37,38)19-10-8-18(9-11-19)30-28(36)22-16-32(13-14-33)26-20-6-4-12-29-25(20)24(34)15-21(26)27(22)35/h2-12,15-16,31,33-34H,13-14H2,1H3,(H,30,36). The van der Waals surface area contributed by atoms with Gasteiger partial charge in [0.2, 0.25) is 5.43 Å². The van der Waals surface area contributed by atoms with Gasteiger partial charge in [-0.15, -0.1) is 0 Å². The Bertz CT molecular complexity index is 1900. The monoisotopic (exact) mass is 544 g/mol. The molecule has 0 atom stereocenters. The second-order valence-corrected chi connectivity index (χ2v) is 10.6. The Labute approximate surface area is 223 Å². The van der Waals surface area contributed by atoms with E-state index in [0.717, 1.165) is 5.56 Å². The number of nitrogens with one attached hydrogen (secondary N) is 2. The van der Waals surface area contributed by atoms with E-state index in [1.807, 2.05) is 0 Å². The average molecular weight is 545 g/mol. The number of hydrogen-bond donors (Lipinski definition) is 4. The maximum absolute atomic E-state index is 13.3. The van der Waals surface area contributed by atoms with Crippen LogP contribution >= 0.6 is 0 Å². The van der Waals surface area contributed by atoms with Gasteiger partial charge in [0.05, 0.1) is 28.1 Å². The average Bonchev–Trinajstić information content (AvgIpc) is 2.92. The summed E-state index contributed by atoms with van der Waals surface area (Å²) in [7, 11) is -3.87. The second-order valence-electron chi connectivity index (χ2n) is 8.88. The van der Waals surface area contributed by atoms with Crippen molar-refractivity contribution in [2.24, 2.45) is 0 Å². The highest BCUT2D eigenvalue weighted by molar-refractivity contribution is 7.92. The van der Waals surface area contributed by atoms with Gasteiger partial charge in [0.25, 0.3) is 15.9 Å². The summed E-state index contributed by atoms with van der Waals surface area (Å²) in [6.45, 7) is 1.62. The fourth-order valence-electron chi connectivity index (χ4n) is 4.38. The zero-order valence-corrected chi connectivity index (χ0v) is 21.6. The molecule has 0 aliphatic rings. The third-order valence-electron chi connectivity index (χ3n) is 6.30. The first-order valence-corrected chi connectivity index (χ1v) is 13.4. The van der Waals surface area contributed by atoms with Crippen LogP contribution in [0.4, 0.5) is 11.4 Å². The number of amides is 1. The van der Waals surface area contributed by atoms with Crippen LogP contribution in [0.1, 0.15) is 15.9 Å². The normalized spacial score (nSPS) is 11.5. The topological polar surface area (TPSA) is 151 Å². The van der Waals surface area contributed by atoms with E-state index in [1.54, 1.807) is 47.9 Å². The van der Waals surface area contributed by atoms with Crippen molar-refractivity contribution in [3.05, 3.63) is 100 Å². The maximum atomic E-state index is 13.3. The van der Waals surface area contributed by atoms with Crippen LogP contribution in [0.3, 0.4) is 0 Å². The molecule has 0 fully saturated rings. The van der Waals surface area contributed by atoms with E-state index in [2.05, 4.69) is 15.0 Å². The smallest absolute Gasteiger partial charge is 0.261 e. The Morgan fingerprint density at radius 1 is 1.03 bits per heavy atom. The minimum Gasteiger partial charge on any atom is -0.506 e. The lowest BCUT2D eigenvalue weighted by molar-refractivity contribution is 0.102. The van der Waals surface area contributed by atoms with E-state index >= 15 is 0 Å². The lowest BCUT2D eigenvalue weighted by Gasteiger charge is -2.15. The molecule has 0 bridgehead atoms. The predicted molar refractivity (Wildman–Crippen MR) is 149 cm³/mol. The van der Waals surface area contributed by atoms with Crippen LogP contribution in [0.25, 0.3) is 21.8 Å². The number of benzene rings is 3. The Morgan fingerprint density at radius 3 is 2.49 bits per heavy atom. The van der Waals surface area contributed by atoms with Crippen molar-refractivity contribution in [3.63, 3.8) is 0 Å². The molecule has 0 aliphatic heterocycles. The first-order chi connectivity index (χ1) is 18.7. The van der Waals surface area contributed by atoms with E-state index in [-0.39, 0.29) is 40.4 Å². The zero-order chi connectivity index (χ0) is 27.7. The first-order valence-electron chi connectivity index (χ1n) is 11.9. The van der Waals surface area contributed by atoms with Gasteiger partial charge in [-0.25, -0.2) is 8.42 Å². The molecule has 2 aromatic heterocycles. The highest BCUT2D eigenvalue weighted by Gasteiger charge is 2.20. The van der Waals surface area contributed by atoms with Gasteiger partial charge in [-0.05, 0) is 61.0 Å². The molecule has 4 N–H and O–H groups in total. The number of carbonyl (C=O) groups excluding carboxylic acids is 1. The summed E-state index contributed by atoms with van der Waals surface area (Å²) in [5.41, 5.74) is 1.40. The number of phenolic OH excluding ortho intramolecular Hbond substituents is 1. The number of aryl methyl sites for hydroxylation is 1. The number of aliphatic hydroxyl groups is 1. The van der Waals surface area contributed by atoms with E-state index < -0.39 is 21.4 Å². The Morgan fingerprint density at radius 2 is 1.77 bits per heavy atom. The van der Waals surface area contributed by atoms with Crippen LogP contribution in [-0.4, -0.2) is 40.7 Å². The summed E-state index contributed by atoms with van der Waals surface area (Å²) < 4.78 is 29.7. The van der Waals surface area contributed by atoms with Crippen LogP contribution in [0.2, 0.25) is 0 Å². The van der Waals surface area contributed by atoms with Crippen molar-refractivity contribution in [2.45, 2.75) is 18.4 Å². The van der Waals surface area contributed by atoms with Crippen molar-refractivity contribution in [1.29, 1.82) is 0 Å². The summed E-state index contributed by atoms with van der Waals surface area (Å²) in [5, 5.41) is 23.3. The molecule has 10 nitrogen and oxygen atoms in total. The molecule has 11 heteroatoms. The summed E-state index contributed by atoms with van der Waals surface area (Å²) in [5.74, 6) is -0.938. The number of pyridine rings is 2. The molecule has 5 aromatic rings. The third-order valence-corrected chi connectivity index (χ3v) is 7.68. The number of sulfonamides is 1. The van der Waals surface area contributed by atoms with Crippen molar-refractivity contribution < 1.29 is 23.4 Å². The SMILES string of the molecule is Cc1ccccc1NS(=O)(=O)c1ccc(NC(=O)c2cn(CCO)c3c(cc(O)c4ncccc43)c2=O)cc1. The molecule has 0 spiro atoms. The fraction of sp³-hybridized carbons (Fsp3) is 0.107. The Hall–Kier alpha value is -4.74. The number of rotatable bonds is 7. The van der Waals surface area contributed by atoms with Gasteiger partial charge in [0.1, 0.15) is 16.8 Å². The number of phenols is 1.